The van der Waals surface area contributed by atoms with Gasteiger partial charge in [-0.3, -0.25) is 0 Å². The van der Waals surface area contributed by atoms with Crippen LogP contribution in [0.5, 0.6) is 0 Å². The highest BCUT2D eigenvalue weighted by Gasteiger charge is 2.10. The Kier molecular flexibility index (Phi) is 2.31. The largest absolute Gasteiger partial charge is 0.238 e. The van der Waals surface area contributed by atoms with Gasteiger partial charge in [-0.25, -0.2) is 9.37 Å². The lowest BCUT2D eigenvalue weighted by Gasteiger charge is -2.01. The molecular formula is C8H6F2N. The van der Waals surface area contributed by atoms with Gasteiger partial charge in [0.05, 0.1) is 6.20 Å². The Morgan fingerprint density at radius 3 is 3.00 bits per heavy atom. The minimum Gasteiger partial charge on any atom is -0.238 e. The first-order valence-electron chi connectivity index (χ1n) is 3.05. The van der Waals surface area contributed by atoms with E-state index >= 15 is 0 Å². The van der Waals surface area contributed by atoms with Crippen molar-refractivity contribution in [1.82, 2.24) is 4.98 Å². The third kappa shape index (κ3) is 1.61. The molecule has 3 heteroatoms. The van der Waals surface area contributed by atoms with Gasteiger partial charge in [0, 0.05) is 5.56 Å². The van der Waals surface area contributed by atoms with Crippen molar-refractivity contribution in [3.05, 3.63) is 42.5 Å². The van der Waals surface area contributed by atoms with Crippen LogP contribution < -0.4 is 0 Å². The van der Waals surface area contributed by atoms with Crippen molar-refractivity contribution in [3.63, 3.8) is 0 Å². The van der Waals surface area contributed by atoms with Crippen LogP contribution >= 0.6 is 0 Å². The molecule has 1 heterocycles. The molecule has 1 rings (SSSR count). The van der Waals surface area contributed by atoms with Crippen molar-refractivity contribution in [2.75, 3.05) is 0 Å². The van der Waals surface area contributed by atoms with E-state index in [0.717, 1.165) is 6.08 Å². The van der Waals surface area contributed by atoms with E-state index in [2.05, 4.69) is 17.8 Å². The molecule has 1 nitrogen and oxygen atoms in total. The number of hydrogen-bond acceptors (Lipinski definition) is 1. The lowest BCUT2D eigenvalue weighted by atomic mass is 10.2. The summed E-state index contributed by atoms with van der Waals surface area (Å²) in [5.74, 6) is -0.833. The SMILES string of the molecule is C=CC(F)c1cc[c]nc1F. The molecule has 0 saturated carbocycles. The standard InChI is InChI=1S/C8H6F2N/c1-2-7(9)6-4-3-5-11-8(6)10/h2-4,7H,1H2. The van der Waals surface area contributed by atoms with E-state index in [1.807, 2.05) is 0 Å². The normalized spacial score (nSPS) is 12.5. The molecule has 11 heavy (non-hydrogen) atoms. The molecule has 0 saturated heterocycles. The van der Waals surface area contributed by atoms with Crippen molar-refractivity contribution in [2.45, 2.75) is 6.17 Å². The first-order valence-corrected chi connectivity index (χ1v) is 3.05. The number of allylic oxidation sites excluding steroid dienone is 1. The molecule has 1 aromatic heterocycles. The Balaban J connectivity index is 3.02. The second-order valence-electron chi connectivity index (χ2n) is 1.96. The van der Waals surface area contributed by atoms with Crippen molar-refractivity contribution >= 4 is 0 Å². The van der Waals surface area contributed by atoms with E-state index in [9.17, 15) is 8.78 Å². The molecule has 0 aliphatic carbocycles. The molecule has 0 bridgehead atoms. The van der Waals surface area contributed by atoms with Crippen LogP contribution in [0.1, 0.15) is 11.7 Å². The fourth-order valence-corrected chi connectivity index (χ4v) is 0.687. The molecule has 57 valence electrons. The molecule has 0 fully saturated rings. The third-order valence-electron chi connectivity index (χ3n) is 1.24. The van der Waals surface area contributed by atoms with Crippen LogP contribution in [0, 0.1) is 12.1 Å². The summed E-state index contributed by atoms with van der Waals surface area (Å²) in [4.78, 5) is 3.17. The number of aromatic nitrogens is 1. The summed E-state index contributed by atoms with van der Waals surface area (Å²) in [5.41, 5.74) is -0.0984. The molecule has 0 amide bonds. The topological polar surface area (TPSA) is 12.9 Å². The van der Waals surface area contributed by atoms with Gasteiger partial charge in [-0.15, -0.1) is 0 Å². The number of nitrogens with zero attached hydrogens (tertiary/aromatic N) is 1. The van der Waals surface area contributed by atoms with Gasteiger partial charge in [-0.1, -0.05) is 12.7 Å². The molecule has 1 radical (unpaired) electrons. The van der Waals surface area contributed by atoms with E-state index in [0.29, 0.717) is 0 Å². The molecule has 1 aromatic rings. The summed E-state index contributed by atoms with van der Waals surface area (Å²) in [5, 5.41) is 0. The maximum absolute atomic E-state index is 12.7. The second kappa shape index (κ2) is 3.23. The molecule has 0 aromatic carbocycles. The minimum atomic E-state index is -1.49. The molecule has 1 unspecified atom stereocenters. The van der Waals surface area contributed by atoms with Crippen molar-refractivity contribution in [3.8, 4) is 0 Å². The van der Waals surface area contributed by atoms with Crippen LogP contribution in [0.15, 0.2) is 24.8 Å². The minimum absolute atomic E-state index is 0.0984. The fourth-order valence-electron chi connectivity index (χ4n) is 0.687. The number of alkyl halides is 1. The Morgan fingerprint density at radius 2 is 2.45 bits per heavy atom. The number of halogens is 2. The van der Waals surface area contributed by atoms with Crippen LogP contribution in [-0.4, -0.2) is 4.98 Å². The summed E-state index contributed by atoms with van der Waals surface area (Å²) >= 11 is 0. The van der Waals surface area contributed by atoms with Gasteiger partial charge >= 0.3 is 0 Å². The first-order chi connectivity index (χ1) is 5.25. The van der Waals surface area contributed by atoms with E-state index < -0.39 is 12.1 Å². The van der Waals surface area contributed by atoms with Crippen LogP contribution in [0.2, 0.25) is 0 Å². The molecular weight excluding hydrogens is 148 g/mol. The van der Waals surface area contributed by atoms with Gasteiger partial charge in [0.15, 0.2) is 0 Å². The molecule has 0 N–H and O–H groups in total. The lowest BCUT2D eigenvalue weighted by molar-refractivity contribution is 0.394. The first kappa shape index (κ1) is 7.85. The Morgan fingerprint density at radius 1 is 1.73 bits per heavy atom. The Bertz CT molecular complexity index is 260. The van der Waals surface area contributed by atoms with E-state index in [4.69, 9.17) is 0 Å². The summed E-state index contributed by atoms with van der Waals surface area (Å²) < 4.78 is 25.3. The molecule has 0 aliphatic rings. The maximum Gasteiger partial charge on any atom is 0.219 e. The summed E-state index contributed by atoms with van der Waals surface area (Å²) in [6.45, 7) is 3.20. The average molecular weight is 154 g/mol. The predicted molar refractivity (Wildman–Crippen MR) is 37.1 cm³/mol. The average Bonchev–Trinajstić information content (AvgIpc) is 2.04. The van der Waals surface area contributed by atoms with Crippen LogP contribution in [0.25, 0.3) is 0 Å². The molecule has 0 spiro atoms. The van der Waals surface area contributed by atoms with E-state index in [1.54, 1.807) is 0 Å². The van der Waals surface area contributed by atoms with Crippen LogP contribution in [-0.2, 0) is 0 Å². The van der Waals surface area contributed by atoms with Crippen LogP contribution in [0.4, 0.5) is 8.78 Å². The monoisotopic (exact) mass is 154 g/mol. The van der Waals surface area contributed by atoms with Crippen molar-refractivity contribution in [2.24, 2.45) is 0 Å². The zero-order valence-electron chi connectivity index (χ0n) is 5.72. The van der Waals surface area contributed by atoms with Crippen molar-refractivity contribution in [1.29, 1.82) is 0 Å². The van der Waals surface area contributed by atoms with E-state index in [1.165, 1.54) is 12.1 Å². The van der Waals surface area contributed by atoms with Gasteiger partial charge in [0.25, 0.3) is 0 Å². The Hall–Kier alpha value is -1.25. The lowest BCUT2D eigenvalue weighted by Crippen LogP contribution is -1.94. The second-order valence-corrected chi connectivity index (χ2v) is 1.96. The summed E-state index contributed by atoms with van der Waals surface area (Å²) in [6.07, 6.45) is 1.78. The maximum atomic E-state index is 12.7. The Labute approximate surface area is 63.4 Å². The van der Waals surface area contributed by atoms with Crippen molar-refractivity contribution < 1.29 is 8.78 Å². The summed E-state index contributed by atoms with van der Waals surface area (Å²) in [6, 6.07) is 2.64. The van der Waals surface area contributed by atoms with Gasteiger partial charge in [0.1, 0.15) is 6.17 Å². The zero-order chi connectivity index (χ0) is 8.27. The highest BCUT2D eigenvalue weighted by Crippen LogP contribution is 2.18. The van der Waals surface area contributed by atoms with Gasteiger partial charge in [-0.2, -0.15) is 4.39 Å². The molecule has 1 atom stereocenters. The zero-order valence-corrected chi connectivity index (χ0v) is 5.72. The summed E-state index contributed by atoms with van der Waals surface area (Å²) in [7, 11) is 0. The number of rotatable bonds is 2. The van der Waals surface area contributed by atoms with Gasteiger partial charge < -0.3 is 0 Å². The highest BCUT2D eigenvalue weighted by molar-refractivity contribution is 5.17. The predicted octanol–water partition coefficient (Wildman–Crippen LogP) is 2.22. The smallest absolute Gasteiger partial charge is 0.219 e. The van der Waals surface area contributed by atoms with Crippen LogP contribution in [0.3, 0.4) is 0 Å². The highest BCUT2D eigenvalue weighted by atomic mass is 19.1. The van der Waals surface area contributed by atoms with Gasteiger partial charge in [0.2, 0.25) is 5.95 Å². The number of pyridine rings is 1. The molecule has 0 aliphatic heterocycles. The quantitative estimate of drug-likeness (QED) is 0.470. The van der Waals surface area contributed by atoms with Gasteiger partial charge in [-0.05, 0) is 12.1 Å². The number of hydrogen-bond donors (Lipinski definition) is 0. The fraction of sp³-hybridized carbons (Fsp3) is 0.125. The third-order valence-corrected chi connectivity index (χ3v) is 1.24. The van der Waals surface area contributed by atoms with E-state index in [-0.39, 0.29) is 5.56 Å².